The molecular weight excluding hydrogens is 513 g/mol. The van der Waals surface area contributed by atoms with E-state index in [1.54, 1.807) is 24.3 Å². The lowest BCUT2D eigenvalue weighted by atomic mass is 10.2. The van der Waals surface area contributed by atoms with Crippen molar-refractivity contribution in [3.63, 3.8) is 0 Å². The van der Waals surface area contributed by atoms with Crippen LogP contribution in [0.5, 0.6) is 0 Å². The average molecular weight is 544 g/mol. The molecule has 0 radical (unpaired) electrons. The van der Waals surface area contributed by atoms with Gasteiger partial charge in [0.1, 0.15) is 17.1 Å². The van der Waals surface area contributed by atoms with Gasteiger partial charge in [-0.05, 0) is 60.4 Å². The molecule has 0 aliphatic heterocycles. The van der Waals surface area contributed by atoms with Crippen LogP contribution in [0.1, 0.15) is 43.8 Å². The largest absolute Gasteiger partial charge is 0.467 e. The Morgan fingerprint density at radius 3 is 2.24 bits per heavy atom. The van der Waals surface area contributed by atoms with Gasteiger partial charge in [-0.2, -0.15) is 4.31 Å². The van der Waals surface area contributed by atoms with Crippen LogP contribution in [0.4, 0.5) is 9.52 Å². The van der Waals surface area contributed by atoms with Crippen LogP contribution in [0.3, 0.4) is 0 Å². The molecule has 0 spiro atoms. The van der Waals surface area contributed by atoms with Crippen LogP contribution in [0.25, 0.3) is 10.2 Å². The minimum Gasteiger partial charge on any atom is -0.467 e. The molecule has 4 rings (SSSR count). The highest BCUT2D eigenvalue weighted by molar-refractivity contribution is 7.89. The number of rotatable bonds is 10. The number of halogens is 1. The Labute approximate surface area is 220 Å². The molecule has 0 bridgehead atoms. The number of hydrogen-bond acceptors (Lipinski definition) is 6. The van der Waals surface area contributed by atoms with Gasteiger partial charge in [-0.15, -0.1) is 0 Å². The number of nitrogens with zero attached hydrogens (tertiary/aromatic N) is 3. The second kappa shape index (κ2) is 11.1. The summed E-state index contributed by atoms with van der Waals surface area (Å²) in [6, 6.07) is 14.0. The molecule has 4 aromatic rings. The fraction of sp³-hybridized carbons (Fsp3) is 0.333. The number of hydrogen-bond donors (Lipinski definition) is 0. The number of benzene rings is 2. The monoisotopic (exact) mass is 543 g/mol. The molecule has 0 unspecified atom stereocenters. The Morgan fingerprint density at radius 2 is 1.68 bits per heavy atom. The molecule has 2 aromatic heterocycles. The average Bonchev–Trinajstić information content (AvgIpc) is 3.52. The molecule has 0 saturated carbocycles. The summed E-state index contributed by atoms with van der Waals surface area (Å²) in [5, 5.41) is 0.318. The number of para-hydroxylation sites is 1. The predicted molar refractivity (Wildman–Crippen MR) is 144 cm³/mol. The van der Waals surface area contributed by atoms with Crippen molar-refractivity contribution in [3.05, 3.63) is 78.0 Å². The maximum atomic E-state index is 14.3. The number of aromatic nitrogens is 1. The topological polar surface area (TPSA) is 83.7 Å². The highest BCUT2D eigenvalue weighted by Crippen LogP contribution is 2.32. The molecule has 0 fully saturated rings. The van der Waals surface area contributed by atoms with Crippen LogP contribution >= 0.6 is 11.3 Å². The third-order valence-electron chi connectivity index (χ3n) is 5.61. The van der Waals surface area contributed by atoms with Gasteiger partial charge in [0, 0.05) is 18.7 Å². The molecule has 0 aliphatic carbocycles. The summed E-state index contributed by atoms with van der Waals surface area (Å²) in [5.41, 5.74) is 0.473. The molecule has 7 nitrogen and oxygen atoms in total. The van der Waals surface area contributed by atoms with Crippen molar-refractivity contribution in [1.29, 1.82) is 0 Å². The van der Waals surface area contributed by atoms with E-state index in [-0.39, 0.29) is 34.4 Å². The first-order valence-electron chi connectivity index (χ1n) is 12.1. The van der Waals surface area contributed by atoms with Gasteiger partial charge >= 0.3 is 0 Å². The van der Waals surface area contributed by atoms with E-state index < -0.39 is 21.7 Å². The normalized spacial score (nSPS) is 12.2. The zero-order valence-corrected chi connectivity index (χ0v) is 22.9. The smallest absolute Gasteiger partial charge is 0.260 e. The summed E-state index contributed by atoms with van der Waals surface area (Å²) in [6.07, 6.45) is 1.51. The second-order valence-electron chi connectivity index (χ2n) is 9.69. The third-order valence-corrected chi connectivity index (χ3v) is 8.49. The van der Waals surface area contributed by atoms with Crippen LogP contribution < -0.4 is 4.90 Å². The van der Waals surface area contributed by atoms with Gasteiger partial charge in [-0.3, -0.25) is 9.69 Å². The first-order valence-corrected chi connectivity index (χ1v) is 14.3. The molecule has 196 valence electrons. The second-order valence-corrected chi connectivity index (χ2v) is 12.6. The molecule has 0 saturated heterocycles. The lowest BCUT2D eigenvalue weighted by Crippen LogP contribution is -2.37. The van der Waals surface area contributed by atoms with Gasteiger partial charge in [0.05, 0.1) is 22.4 Å². The molecule has 37 heavy (non-hydrogen) atoms. The van der Waals surface area contributed by atoms with Crippen molar-refractivity contribution in [1.82, 2.24) is 9.29 Å². The SMILES string of the molecule is CC(C)CN(CC(C)C)S(=O)(=O)c1ccc(C(=O)N(Cc2ccco2)c2nc3c(F)cccc3s2)cc1. The first kappa shape index (κ1) is 27.0. The van der Waals surface area contributed by atoms with Crippen LogP contribution in [0.15, 0.2) is 70.2 Å². The highest BCUT2D eigenvalue weighted by Gasteiger charge is 2.28. The van der Waals surface area contributed by atoms with Crippen molar-refractivity contribution in [2.75, 3.05) is 18.0 Å². The number of carbonyl (C=O) groups is 1. The summed E-state index contributed by atoms with van der Waals surface area (Å²) in [7, 11) is -3.73. The van der Waals surface area contributed by atoms with E-state index in [4.69, 9.17) is 4.42 Å². The van der Waals surface area contributed by atoms with Crippen molar-refractivity contribution in [2.24, 2.45) is 11.8 Å². The van der Waals surface area contributed by atoms with E-state index in [2.05, 4.69) is 4.98 Å². The van der Waals surface area contributed by atoms with Gasteiger partial charge < -0.3 is 4.42 Å². The maximum absolute atomic E-state index is 14.3. The Morgan fingerprint density at radius 1 is 1.00 bits per heavy atom. The van der Waals surface area contributed by atoms with Crippen molar-refractivity contribution in [2.45, 2.75) is 39.1 Å². The predicted octanol–water partition coefficient (Wildman–Crippen LogP) is 6.18. The molecule has 0 atom stereocenters. The van der Waals surface area contributed by atoms with Gasteiger partial charge in [0.25, 0.3) is 5.91 Å². The van der Waals surface area contributed by atoms with E-state index in [1.807, 2.05) is 27.7 Å². The third kappa shape index (κ3) is 6.08. The van der Waals surface area contributed by atoms with E-state index in [1.165, 1.54) is 57.1 Å². The molecule has 2 aromatic carbocycles. The Kier molecular flexibility index (Phi) is 8.11. The number of amides is 1. The summed E-state index contributed by atoms with van der Waals surface area (Å²) in [5.74, 6) is 0.00462. The molecule has 0 N–H and O–H groups in total. The van der Waals surface area contributed by atoms with Crippen LogP contribution in [-0.4, -0.2) is 36.7 Å². The number of furan rings is 1. The Balaban J connectivity index is 1.66. The zero-order chi connectivity index (χ0) is 26.7. The minimum absolute atomic E-state index is 0.0872. The molecule has 1 amide bonds. The summed E-state index contributed by atoms with van der Waals surface area (Å²) < 4.78 is 48.6. The van der Waals surface area contributed by atoms with Crippen molar-refractivity contribution >= 4 is 42.6 Å². The zero-order valence-electron chi connectivity index (χ0n) is 21.2. The maximum Gasteiger partial charge on any atom is 0.260 e. The van der Waals surface area contributed by atoms with E-state index >= 15 is 0 Å². The Bertz CT molecular complexity index is 1450. The quantitative estimate of drug-likeness (QED) is 0.239. The standard InChI is InChI=1S/C27H30FN3O4S2/c1-18(2)15-30(16-19(3)4)37(33,34)22-12-10-20(11-13-22)26(32)31(17-21-7-6-14-35-21)27-29-25-23(28)8-5-9-24(25)36-27/h5-14,18-19H,15-17H2,1-4H3. The number of thiazole rings is 1. The van der Waals surface area contributed by atoms with Crippen LogP contribution in [0, 0.1) is 17.7 Å². The first-order chi connectivity index (χ1) is 17.6. The van der Waals surface area contributed by atoms with Gasteiger partial charge in [-0.1, -0.05) is 45.1 Å². The molecule has 10 heteroatoms. The molecular formula is C27H30FN3O4S2. The summed E-state index contributed by atoms with van der Waals surface area (Å²) in [6.45, 7) is 8.82. The van der Waals surface area contributed by atoms with Crippen LogP contribution in [-0.2, 0) is 16.6 Å². The van der Waals surface area contributed by atoms with E-state index in [9.17, 15) is 17.6 Å². The fourth-order valence-corrected chi connectivity index (χ4v) is 6.71. The van der Waals surface area contributed by atoms with E-state index in [0.29, 0.717) is 28.7 Å². The lowest BCUT2D eigenvalue weighted by molar-refractivity contribution is 0.0983. The van der Waals surface area contributed by atoms with Crippen molar-refractivity contribution < 1.29 is 22.0 Å². The fourth-order valence-electron chi connectivity index (χ4n) is 3.96. The van der Waals surface area contributed by atoms with Crippen molar-refractivity contribution in [3.8, 4) is 0 Å². The van der Waals surface area contributed by atoms with Crippen LogP contribution in [0.2, 0.25) is 0 Å². The molecule has 0 aliphatic rings. The van der Waals surface area contributed by atoms with E-state index in [0.717, 1.165) is 0 Å². The van der Waals surface area contributed by atoms with Gasteiger partial charge in [0.2, 0.25) is 10.0 Å². The minimum atomic E-state index is -3.73. The number of sulfonamides is 1. The van der Waals surface area contributed by atoms with Gasteiger partial charge in [0.15, 0.2) is 5.13 Å². The summed E-state index contributed by atoms with van der Waals surface area (Å²) in [4.78, 5) is 19.5. The summed E-state index contributed by atoms with van der Waals surface area (Å²) >= 11 is 1.20. The number of fused-ring (bicyclic) bond motifs is 1. The lowest BCUT2D eigenvalue weighted by Gasteiger charge is -2.25. The highest BCUT2D eigenvalue weighted by atomic mass is 32.2. The number of anilines is 1. The number of carbonyl (C=O) groups excluding carboxylic acids is 1. The molecule has 2 heterocycles. The van der Waals surface area contributed by atoms with Gasteiger partial charge in [-0.25, -0.2) is 17.8 Å². The Hall–Kier alpha value is -3.08.